The van der Waals surface area contributed by atoms with Crippen molar-refractivity contribution in [3.63, 3.8) is 0 Å². The monoisotopic (exact) mass is 294 g/mol. The molecule has 1 amide bonds. The lowest BCUT2D eigenvalue weighted by Gasteiger charge is -2.03. The van der Waals surface area contributed by atoms with Gasteiger partial charge in [0.2, 0.25) is 5.91 Å². The second-order valence-corrected chi connectivity index (χ2v) is 5.53. The zero-order chi connectivity index (χ0) is 13.7. The SMILES string of the molecule is O=C(CCC(=O)c1ccc(Cl)s1)Nc1cccnc1. The number of hydrogen-bond donors (Lipinski definition) is 1. The third-order valence-corrected chi connectivity index (χ3v) is 3.64. The second-order valence-electron chi connectivity index (χ2n) is 3.82. The zero-order valence-electron chi connectivity index (χ0n) is 9.93. The Hall–Kier alpha value is -1.72. The normalized spacial score (nSPS) is 10.2. The van der Waals surface area contributed by atoms with Crippen LogP contribution in [0.3, 0.4) is 0 Å². The summed E-state index contributed by atoms with van der Waals surface area (Å²) in [5.41, 5.74) is 0.624. The van der Waals surface area contributed by atoms with Gasteiger partial charge in [0.15, 0.2) is 5.78 Å². The Bertz CT molecular complexity index is 583. The summed E-state index contributed by atoms with van der Waals surface area (Å²) in [7, 11) is 0. The number of nitrogens with one attached hydrogen (secondary N) is 1. The zero-order valence-corrected chi connectivity index (χ0v) is 11.5. The number of aromatic nitrogens is 1. The van der Waals surface area contributed by atoms with Crippen molar-refractivity contribution in [2.75, 3.05) is 5.32 Å². The van der Waals surface area contributed by atoms with Gasteiger partial charge in [-0.05, 0) is 24.3 Å². The average molecular weight is 295 g/mol. The largest absolute Gasteiger partial charge is 0.325 e. The first-order valence-electron chi connectivity index (χ1n) is 5.63. The molecule has 0 saturated heterocycles. The number of amides is 1. The van der Waals surface area contributed by atoms with Gasteiger partial charge in [-0.2, -0.15) is 0 Å². The molecule has 2 aromatic heterocycles. The number of ketones is 1. The van der Waals surface area contributed by atoms with Gasteiger partial charge in [-0.1, -0.05) is 11.6 Å². The van der Waals surface area contributed by atoms with Crippen LogP contribution in [0.2, 0.25) is 4.34 Å². The van der Waals surface area contributed by atoms with Gasteiger partial charge in [0, 0.05) is 19.0 Å². The molecule has 0 fully saturated rings. The van der Waals surface area contributed by atoms with E-state index in [-0.39, 0.29) is 24.5 Å². The highest BCUT2D eigenvalue weighted by atomic mass is 35.5. The van der Waals surface area contributed by atoms with Crippen LogP contribution in [0.1, 0.15) is 22.5 Å². The molecule has 2 aromatic rings. The van der Waals surface area contributed by atoms with E-state index in [9.17, 15) is 9.59 Å². The summed E-state index contributed by atoms with van der Waals surface area (Å²) in [4.78, 5) is 27.9. The molecule has 1 N–H and O–H groups in total. The first kappa shape index (κ1) is 13.7. The van der Waals surface area contributed by atoms with Gasteiger partial charge < -0.3 is 5.32 Å². The number of thiophene rings is 1. The summed E-state index contributed by atoms with van der Waals surface area (Å²) < 4.78 is 0.572. The van der Waals surface area contributed by atoms with Crippen LogP contribution in [0, 0.1) is 0 Å². The fourth-order valence-corrected chi connectivity index (χ4v) is 2.49. The minimum absolute atomic E-state index is 0.0711. The smallest absolute Gasteiger partial charge is 0.224 e. The summed E-state index contributed by atoms with van der Waals surface area (Å²) in [6.07, 6.45) is 3.49. The molecule has 0 aromatic carbocycles. The number of nitrogens with zero attached hydrogens (tertiary/aromatic N) is 1. The summed E-state index contributed by atoms with van der Waals surface area (Å²) in [5, 5.41) is 2.68. The Morgan fingerprint density at radius 2 is 2.11 bits per heavy atom. The van der Waals surface area contributed by atoms with Crippen molar-refractivity contribution >= 4 is 40.3 Å². The summed E-state index contributed by atoms with van der Waals surface area (Å²) in [5.74, 6) is -0.276. The van der Waals surface area contributed by atoms with E-state index in [0.29, 0.717) is 14.9 Å². The van der Waals surface area contributed by atoms with Crippen LogP contribution in [0.25, 0.3) is 0 Å². The molecule has 0 unspecified atom stereocenters. The second kappa shape index (κ2) is 6.45. The van der Waals surface area contributed by atoms with Crippen LogP contribution >= 0.6 is 22.9 Å². The van der Waals surface area contributed by atoms with Crippen LogP contribution in [0.15, 0.2) is 36.7 Å². The van der Waals surface area contributed by atoms with Crippen molar-refractivity contribution in [1.29, 1.82) is 0 Å². The van der Waals surface area contributed by atoms with E-state index in [2.05, 4.69) is 10.3 Å². The van der Waals surface area contributed by atoms with Crippen LogP contribution < -0.4 is 5.32 Å². The third kappa shape index (κ3) is 4.15. The highest BCUT2D eigenvalue weighted by Crippen LogP contribution is 2.22. The van der Waals surface area contributed by atoms with Crippen LogP contribution in [0.4, 0.5) is 5.69 Å². The van der Waals surface area contributed by atoms with Crippen LogP contribution in [0.5, 0.6) is 0 Å². The maximum Gasteiger partial charge on any atom is 0.224 e. The van der Waals surface area contributed by atoms with E-state index >= 15 is 0 Å². The molecule has 4 nitrogen and oxygen atoms in total. The van der Waals surface area contributed by atoms with E-state index in [0.717, 1.165) is 0 Å². The number of halogens is 1. The van der Waals surface area contributed by atoms with Crippen molar-refractivity contribution < 1.29 is 9.59 Å². The molecular weight excluding hydrogens is 284 g/mol. The van der Waals surface area contributed by atoms with E-state index < -0.39 is 0 Å². The third-order valence-electron chi connectivity index (χ3n) is 2.37. The Morgan fingerprint density at radius 3 is 2.74 bits per heavy atom. The lowest BCUT2D eigenvalue weighted by Crippen LogP contribution is -2.13. The molecule has 19 heavy (non-hydrogen) atoms. The van der Waals surface area contributed by atoms with Gasteiger partial charge in [-0.3, -0.25) is 14.6 Å². The average Bonchev–Trinajstić information content (AvgIpc) is 2.84. The number of rotatable bonds is 5. The summed E-state index contributed by atoms with van der Waals surface area (Å²) >= 11 is 6.98. The summed E-state index contributed by atoms with van der Waals surface area (Å²) in [6.45, 7) is 0. The van der Waals surface area contributed by atoms with Crippen LogP contribution in [-0.4, -0.2) is 16.7 Å². The van der Waals surface area contributed by atoms with Gasteiger partial charge in [0.1, 0.15) is 0 Å². The Labute approximate surface area is 119 Å². The number of carbonyl (C=O) groups excluding carboxylic acids is 2. The molecule has 0 radical (unpaired) electrons. The maximum atomic E-state index is 11.8. The Balaban J connectivity index is 1.82. The number of Topliss-reactive ketones (excluding diaryl/α,β-unsaturated/α-hetero) is 1. The first-order chi connectivity index (χ1) is 9.15. The number of pyridine rings is 1. The predicted octanol–water partition coefficient (Wildman–Crippen LogP) is 3.40. The Kier molecular flexibility index (Phi) is 4.65. The highest BCUT2D eigenvalue weighted by molar-refractivity contribution is 7.18. The number of anilines is 1. The van der Waals surface area contributed by atoms with Gasteiger partial charge in [0.25, 0.3) is 0 Å². The topological polar surface area (TPSA) is 59.1 Å². The van der Waals surface area contributed by atoms with E-state index in [1.165, 1.54) is 11.3 Å². The van der Waals surface area contributed by atoms with Gasteiger partial charge in [0.05, 0.1) is 21.1 Å². The minimum atomic E-state index is -0.205. The van der Waals surface area contributed by atoms with E-state index in [1.54, 1.807) is 36.7 Å². The standard InChI is InChI=1S/C13H11ClN2O2S/c14-12-5-4-11(19-12)10(17)3-6-13(18)16-9-2-1-7-15-8-9/h1-2,4-5,7-8H,3,6H2,(H,16,18). The van der Waals surface area contributed by atoms with Crippen molar-refractivity contribution in [2.45, 2.75) is 12.8 Å². The molecular formula is C13H11ClN2O2S. The minimum Gasteiger partial charge on any atom is -0.325 e. The molecule has 2 heterocycles. The van der Waals surface area contributed by atoms with Crippen molar-refractivity contribution in [1.82, 2.24) is 4.98 Å². The maximum absolute atomic E-state index is 11.8. The quantitative estimate of drug-likeness (QED) is 0.860. The first-order valence-corrected chi connectivity index (χ1v) is 6.83. The molecule has 2 rings (SSSR count). The van der Waals surface area contributed by atoms with E-state index in [4.69, 9.17) is 11.6 Å². The Morgan fingerprint density at radius 1 is 1.26 bits per heavy atom. The van der Waals surface area contributed by atoms with Gasteiger partial charge >= 0.3 is 0 Å². The molecule has 0 aliphatic heterocycles. The van der Waals surface area contributed by atoms with Gasteiger partial charge in [-0.15, -0.1) is 11.3 Å². The fourth-order valence-electron chi connectivity index (χ4n) is 1.47. The van der Waals surface area contributed by atoms with Crippen molar-refractivity contribution in [2.24, 2.45) is 0 Å². The van der Waals surface area contributed by atoms with Gasteiger partial charge in [-0.25, -0.2) is 0 Å². The molecule has 6 heteroatoms. The molecule has 0 aliphatic rings. The molecule has 0 spiro atoms. The predicted molar refractivity (Wildman–Crippen MR) is 75.8 cm³/mol. The number of hydrogen-bond acceptors (Lipinski definition) is 4. The molecule has 0 atom stereocenters. The number of carbonyl (C=O) groups is 2. The fraction of sp³-hybridized carbons (Fsp3) is 0.154. The van der Waals surface area contributed by atoms with Crippen molar-refractivity contribution in [3.05, 3.63) is 45.9 Å². The lowest BCUT2D eigenvalue weighted by molar-refractivity contribution is -0.116. The molecule has 0 bridgehead atoms. The molecule has 98 valence electrons. The lowest BCUT2D eigenvalue weighted by atomic mass is 10.2. The highest BCUT2D eigenvalue weighted by Gasteiger charge is 2.11. The van der Waals surface area contributed by atoms with E-state index in [1.807, 2.05) is 0 Å². The van der Waals surface area contributed by atoms with Crippen LogP contribution in [-0.2, 0) is 4.79 Å². The van der Waals surface area contributed by atoms with Crippen molar-refractivity contribution in [3.8, 4) is 0 Å². The molecule has 0 saturated carbocycles. The summed E-state index contributed by atoms with van der Waals surface area (Å²) in [6, 6.07) is 6.82. The molecule has 0 aliphatic carbocycles.